The second-order valence-electron chi connectivity index (χ2n) is 5.49. The van der Waals surface area contributed by atoms with Crippen molar-refractivity contribution in [2.75, 3.05) is 11.9 Å². The van der Waals surface area contributed by atoms with E-state index >= 15 is 0 Å². The number of hydrogen-bond acceptors (Lipinski definition) is 2. The first-order valence-electron chi connectivity index (χ1n) is 7.52. The molecular weight excluding hydrogens is 333 g/mol. The lowest BCUT2D eigenvalue weighted by atomic mass is 10.2. The minimum atomic E-state index is -4.49. The summed E-state index contributed by atoms with van der Waals surface area (Å²) in [5, 5.41) is 2.39. The van der Waals surface area contributed by atoms with Crippen LogP contribution in [0.1, 0.15) is 18.1 Å². The van der Waals surface area contributed by atoms with Gasteiger partial charge in [-0.25, -0.2) is 0 Å². The molecule has 0 aliphatic carbocycles. The Bertz CT molecular complexity index is 745. The number of nitrogens with one attached hydrogen (secondary N) is 1. The van der Waals surface area contributed by atoms with Crippen LogP contribution in [0.15, 0.2) is 54.6 Å². The minimum Gasteiger partial charge on any atom is -0.329 e. The van der Waals surface area contributed by atoms with E-state index in [2.05, 4.69) is 5.32 Å². The number of alkyl halides is 3. The fourth-order valence-electron chi connectivity index (χ4n) is 2.23. The summed E-state index contributed by atoms with van der Waals surface area (Å²) in [4.78, 5) is 25.1. The van der Waals surface area contributed by atoms with Gasteiger partial charge in [-0.05, 0) is 23.8 Å². The lowest BCUT2D eigenvalue weighted by molar-refractivity contribution is -0.137. The number of nitrogens with zero attached hydrogens (tertiary/aromatic N) is 1. The Labute approximate surface area is 143 Å². The van der Waals surface area contributed by atoms with Crippen LogP contribution in [0.3, 0.4) is 0 Å². The summed E-state index contributed by atoms with van der Waals surface area (Å²) < 4.78 is 38.1. The molecule has 132 valence electrons. The molecule has 2 aromatic rings. The lowest BCUT2D eigenvalue weighted by Crippen LogP contribution is -2.36. The number of hydrogen-bond donors (Lipinski definition) is 1. The van der Waals surface area contributed by atoms with Gasteiger partial charge >= 0.3 is 6.18 Å². The Hall–Kier alpha value is -2.83. The van der Waals surface area contributed by atoms with Crippen molar-refractivity contribution in [2.45, 2.75) is 19.6 Å². The van der Waals surface area contributed by atoms with Gasteiger partial charge < -0.3 is 10.2 Å². The van der Waals surface area contributed by atoms with Gasteiger partial charge in [-0.2, -0.15) is 13.2 Å². The van der Waals surface area contributed by atoms with E-state index in [0.29, 0.717) is 0 Å². The van der Waals surface area contributed by atoms with E-state index in [4.69, 9.17) is 0 Å². The molecule has 0 unspecified atom stereocenters. The highest BCUT2D eigenvalue weighted by molar-refractivity contribution is 5.94. The van der Waals surface area contributed by atoms with Crippen molar-refractivity contribution in [2.24, 2.45) is 0 Å². The molecule has 25 heavy (non-hydrogen) atoms. The van der Waals surface area contributed by atoms with Crippen LogP contribution in [0.5, 0.6) is 0 Å². The summed E-state index contributed by atoms with van der Waals surface area (Å²) in [5.41, 5.74) is 0.0330. The van der Waals surface area contributed by atoms with Gasteiger partial charge in [0.2, 0.25) is 11.8 Å². The van der Waals surface area contributed by atoms with Gasteiger partial charge in [0.15, 0.2) is 0 Å². The minimum absolute atomic E-state index is 0.0306. The fraction of sp³-hybridized carbons (Fsp3) is 0.222. The lowest BCUT2D eigenvalue weighted by Gasteiger charge is -2.20. The van der Waals surface area contributed by atoms with Gasteiger partial charge in [0, 0.05) is 19.2 Å². The molecule has 0 aliphatic rings. The summed E-state index contributed by atoms with van der Waals surface area (Å²) in [6, 6.07) is 13.5. The van der Waals surface area contributed by atoms with Crippen LogP contribution < -0.4 is 5.32 Å². The zero-order valence-corrected chi connectivity index (χ0v) is 13.5. The van der Waals surface area contributed by atoms with Crippen molar-refractivity contribution in [1.29, 1.82) is 0 Å². The summed E-state index contributed by atoms with van der Waals surface area (Å²) in [6.07, 6.45) is -4.49. The van der Waals surface area contributed by atoms with Gasteiger partial charge in [0.05, 0.1) is 5.56 Å². The zero-order valence-electron chi connectivity index (χ0n) is 13.5. The van der Waals surface area contributed by atoms with E-state index < -0.39 is 17.6 Å². The highest BCUT2D eigenvalue weighted by Gasteiger charge is 2.30. The molecule has 2 aromatic carbocycles. The van der Waals surface area contributed by atoms with Crippen LogP contribution in [0, 0.1) is 0 Å². The molecule has 0 aromatic heterocycles. The number of rotatable bonds is 5. The Morgan fingerprint density at radius 2 is 1.72 bits per heavy atom. The Morgan fingerprint density at radius 3 is 2.32 bits per heavy atom. The predicted octanol–water partition coefficient (Wildman–Crippen LogP) is 3.69. The van der Waals surface area contributed by atoms with Crippen molar-refractivity contribution >= 4 is 17.5 Å². The highest BCUT2D eigenvalue weighted by Crippen LogP contribution is 2.30. The van der Waals surface area contributed by atoms with E-state index in [1.54, 1.807) is 0 Å². The van der Waals surface area contributed by atoms with Gasteiger partial charge in [-0.3, -0.25) is 9.59 Å². The van der Waals surface area contributed by atoms with Gasteiger partial charge in [-0.1, -0.05) is 36.4 Å². The summed E-state index contributed by atoms with van der Waals surface area (Å²) in [5.74, 6) is -0.867. The Morgan fingerprint density at radius 1 is 1.04 bits per heavy atom. The average Bonchev–Trinajstić information content (AvgIpc) is 2.54. The first-order valence-corrected chi connectivity index (χ1v) is 7.52. The molecule has 4 nitrogen and oxygen atoms in total. The normalized spacial score (nSPS) is 11.0. The zero-order chi connectivity index (χ0) is 18.4. The first-order chi connectivity index (χ1) is 11.8. The number of carbonyl (C=O) groups is 2. The van der Waals surface area contributed by atoms with Crippen LogP contribution in [0.25, 0.3) is 0 Å². The summed E-state index contributed by atoms with van der Waals surface area (Å²) in [7, 11) is 0. The topological polar surface area (TPSA) is 49.4 Å². The molecule has 0 spiro atoms. The van der Waals surface area contributed by atoms with Crippen LogP contribution in [-0.4, -0.2) is 23.3 Å². The average molecular weight is 350 g/mol. The van der Waals surface area contributed by atoms with Gasteiger partial charge in [0.1, 0.15) is 6.54 Å². The molecule has 0 radical (unpaired) electrons. The molecule has 0 saturated heterocycles. The van der Waals surface area contributed by atoms with Crippen LogP contribution in [-0.2, 0) is 22.3 Å². The van der Waals surface area contributed by atoms with Crippen molar-refractivity contribution < 1.29 is 22.8 Å². The predicted molar refractivity (Wildman–Crippen MR) is 87.6 cm³/mol. The molecule has 0 saturated carbocycles. The second kappa shape index (κ2) is 7.83. The fourth-order valence-corrected chi connectivity index (χ4v) is 2.23. The molecule has 2 rings (SSSR count). The van der Waals surface area contributed by atoms with Gasteiger partial charge in [-0.15, -0.1) is 0 Å². The van der Waals surface area contributed by atoms with Crippen molar-refractivity contribution in [3.05, 3.63) is 65.7 Å². The molecular formula is C18H17F3N2O2. The SMILES string of the molecule is CC(=O)N(CC(=O)Nc1cccc(C(F)(F)F)c1)Cc1ccccc1. The molecule has 1 N–H and O–H groups in total. The van der Waals surface area contributed by atoms with Crippen LogP contribution in [0.4, 0.5) is 18.9 Å². The van der Waals surface area contributed by atoms with E-state index in [9.17, 15) is 22.8 Å². The summed E-state index contributed by atoms with van der Waals surface area (Å²) >= 11 is 0. The van der Waals surface area contributed by atoms with E-state index in [-0.39, 0.29) is 24.7 Å². The van der Waals surface area contributed by atoms with Gasteiger partial charge in [0.25, 0.3) is 0 Å². The van der Waals surface area contributed by atoms with Crippen molar-refractivity contribution in [3.63, 3.8) is 0 Å². The third kappa shape index (κ3) is 5.63. The number of benzene rings is 2. The molecule has 0 fully saturated rings. The Balaban J connectivity index is 2.03. The third-order valence-corrected chi connectivity index (χ3v) is 3.47. The summed E-state index contributed by atoms with van der Waals surface area (Å²) in [6.45, 7) is 1.33. The van der Waals surface area contributed by atoms with E-state index in [1.807, 2.05) is 30.3 Å². The number of amides is 2. The number of anilines is 1. The van der Waals surface area contributed by atoms with E-state index in [1.165, 1.54) is 24.0 Å². The standard InChI is InChI=1S/C18H17F3N2O2/c1-13(24)23(11-14-6-3-2-4-7-14)12-17(25)22-16-9-5-8-15(10-16)18(19,20)21/h2-10H,11-12H2,1H3,(H,22,25). The first kappa shape index (κ1) is 18.5. The molecule has 0 bridgehead atoms. The molecule has 0 heterocycles. The van der Waals surface area contributed by atoms with Crippen molar-refractivity contribution in [1.82, 2.24) is 4.90 Å². The molecule has 0 atom stereocenters. The van der Waals surface area contributed by atoms with Crippen molar-refractivity contribution in [3.8, 4) is 0 Å². The number of halogens is 3. The number of carbonyl (C=O) groups excluding carboxylic acids is 2. The molecule has 7 heteroatoms. The maximum absolute atomic E-state index is 12.7. The second-order valence-corrected chi connectivity index (χ2v) is 5.49. The van der Waals surface area contributed by atoms with Crippen LogP contribution >= 0.6 is 0 Å². The highest BCUT2D eigenvalue weighted by atomic mass is 19.4. The Kier molecular flexibility index (Phi) is 5.80. The monoisotopic (exact) mass is 350 g/mol. The maximum Gasteiger partial charge on any atom is 0.416 e. The molecule has 2 amide bonds. The largest absolute Gasteiger partial charge is 0.416 e. The third-order valence-electron chi connectivity index (χ3n) is 3.47. The molecule has 0 aliphatic heterocycles. The smallest absolute Gasteiger partial charge is 0.329 e. The quantitative estimate of drug-likeness (QED) is 0.894. The van der Waals surface area contributed by atoms with Crippen LogP contribution in [0.2, 0.25) is 0 Å². The maximum atomic E-state index is 12.7. The van der Waals surface area contributed by atoms with E-state index in [0.717, 1.165) is 17.7 Å².